The topological polar surface area (TPSA) is 20.2 Å². The van der Waals surface area contributed by atoms with Gasteiger partial charge in [0.15, 0.2) is 0 Å². The van der Waals surface area contributed by atoms with E-state index in [0.29, 0.717) is 10.4 Å². The fourth-order valence-electron chi connectivity index (χ4n) is 2.65. The molecule has 0 bridgehead atoms. The summed E-state index contributed by atoms with van der Waals surface area (Å²) in [5.74, 6) is 0.00513. The minimum absolute atomic E-state index is 0.00596. The molecule has 3 heteroatoms. The molecular formula is C18H20BrFO. The van der Waals surface area contributed by atoms with Crippen molar-refractivity contribution in [3.63, 3.8) is 0 Å². The molecule has 2 aromatic rings. The molecule has 0 spiro atoms. The van der Waals surface area contributed by atoms with E-state index in [1.807, 2.05) is 30.3 Å². The second-order valence-corrected chi connectivity index (χ2v) is 6.29. The lowest BCUT2D eigenvalue weighted by atomic mass is 9.79. The van der Waals surface area contributed by atoms with Crippen molar-refractivity contribution in [3.05, 3.63) is 69.9 Å². The Morgan fingerprint density at radius 2 is 1.76 bits per heavy atom. The molecule has 2 aromatic carbocycles. The first-order chi connectivity index (χ1) is 10.0. The lowest BCUT2D eigenvalue weighted by molar-refractivity contribution is 0.118. The average Bonchev–Trinajstić information content (AvgIpc) is 2.51. The van der Waals surface area contributed by atoms with Gasteiger partial charge in [-0.1, -0.05) is 56.7 Å². The van der Waals surface area contributed by atoms with Gasteiger partial charge in [-0.15, -0.1) is 0 Å². The van der Waals surface area contributed by atoms with Crippen molar-refractivity contribution in [3.8, 4) is 0 Å². The van der Waals surface area contributed by atoms with E-state index in [-0.39, 0.29) is 11.7 Å². The Bertz CT molecular complexity index is 585. The van der Waals surface area contributed by atoms with Gasteiger partial charge in [0, 0.05) is 5.92 Å². The molecule has 0 saturated heterocycles. The van der Waals surface area contributed by atoms with Crippen LogP contribution >= 0.6 is 15.9 Å². The van der Waals surface area contributed by atoms with Gasteiger partial charge in [0.25, 0.3) is 0 Å². The lowest BCUT2D eigenvalue weighted by Gasteiger charge is -2.29. The summed E-state index contributed by atoms with van der Waals surface area (Å²) in [6, 6.07) is 14.7. The molecule has 21 heavy (non-hydrogen) atoms. The third-order valence-corrected chi connectivity index (χ3v) is 4.67. The van der Waals surface area contributed by atoms with E-state index < -0.39 is 6.10 Å². The van der Waals surface area contributed by atoms with Gasteiger partial charge in [0.05, 0.1) is 10.6 Å². The molecule has 3 atom stereocenters. The number of benzene rings is 2. The molecule has 0 saturated carbocycles. The monoisotopic (exact) mass is 350 g/mol. The first-order valence-corrected chi connectivity index (χ1v) is 8.01. The van der Waals surface area contributed by atoms with E-state index in [1.54, 1.807) is 12.1 Å². The summed E-state index contributed by atoms with van der Waals surface area (Å²) in [6.07, 6.45) is 0.318. The predicted molar refractivity (Wildman–Crippen MR) is 87.7 cm³/mol. The van der Waals surface area contributed by atoms with Gasteiger partial charge >= 0.3 is 0 Å². The van der Waals surface area contributed by atoms with Crippen molar-refractivity contribution in [1.82, 2.24) is 0 Å². The lowest BCUT2D eigenvalue weighted by Crippen LogP contribution is -2.18. The van der Waals surface area contributed by atoms with Crippen LogP contribution in [0.15, 0.2) is 53.0 Å². The van der Waals surface area contributed by atoms with Crippen LogP contribution in [-0.4, -0.2) is 5.11 Å². The zero-order valence-electron chi connectivity index (χ0n) is 12.3. The molecule has 0 aliphatic carbocycles. The fraction of sp³-hybridized carbons (Fsp3) is 0.333. The number of hydrogen-bond acceptors (Lipinski definition) is 1. The van der Waals surface area contributed by atoms with Gasteiger partial charge in [-0.2, -0.15) is 0 Å². The van der Waals surface area contributed by atoms with Crippen molar-refractivity contribution >= 4 is 15.9 Å². The maximum Gasteiger partial charge on any atom is 0.137 e. The summed E-state index contributed by atoms with van der Waals surface area (Å²) < 4.78 is 13.8. The van der Waals surface area contributed by atoms with Crippen molar-refractivity contribution in [2.75, 3.05) is 0 Å². The standard InChI is InChI=1S/C18H20BrFO/c1-3-12(2)17(13-7-5-4-6-8-13)18(21)14-9-10-16(20)15(19)11-14/h4-12,17-18,21H,3H2,1-2H3. The number of halogens is 2. The molecule has 0 fully saturated rings. The first-order valence-electron chi connectivity index (χ1n) is 7.22. The van der Waals surface area contributed by atoms with Crippen LogP contribution in [0, 0.1) is 11.7 Å². The number of rotatable bonds is 5. The number of hydrogen-bond donors (Lipinski definition) is 1. The molecule has 0 aliphatic heterocycles. The van der Waals surface area contributed by atoms with Gasteiger partial charge < -0.3 is 5.11 Å². The van der Waals surface area contributed by atoms with Gasteiger partial charge in [-0.25, -0.2) is 4.39 Å². The highest BCUT2D eigenvalue weighted by atomic mass is 79.9. The Labute approximate surface area is 134 Å². The van der Waals surface area contributed by atoms with E-state index in [0.717, 1.165) is 17.5 Å². The molecule has 0 amide bonds. The predicted octanol–water partition coefficient (Wildman–Crippen LogP) is 5.45. The minimum atomic E-state index is -0.653. The van der Waals surface area contributed by atoms with Gasteiger partial charge in [0.2, 0.25) is 0 Å². The number of aliphatic hydroxyl groups excluding tert-OH is 1. The summed E-state index contributed by atoms with van der Waals surface area (Å²) in [6.45, 7) is 4.26. The normalized spacial score (nSPS) is 15.5. The molecule has 0 heterocycles. The van der Waals surface area contributed by atoms with Gasteiger partial charge in [0.1, 0.15) is 5.82 Å². The Morgan fingerprint density at radius 1 is 1.10 bits per heavy atom. The maximum absolute atomic E-state index is 13.4. The Morgan fingerprint density at radius 3 is 2.33 bits per heavy atom. The summed E-state index contributed by atoms with van der Waals surface area (Å²) >= 11 is 3.19. The van der Waals surface area contributed by atoms with E-state index in [1.165, 1.54) is 6.07 Å². The van der Waals surface area contributed by atoms with Crippen molar-refractivity contribution < 1.29 is 9.50 Å². The SMILES string of the molecule is CCC(C)C(c1ccccc1)C(O)c1ccc(F)c(Br)c1. The average molecular weight is 351 g/mol. The van der Waals surface area contributed by atoms with Crippen LogP contribution in [0.3, 0.4) is 0 Å². The summed E-state index contributed by atoms with van der Waals surface area (Å²) in [5, 5.41) is 10.8. The van der Waals surface area contributed by atoms with Crippen LogP contribution in [0.2, 0.25) is 0 Å². The molecule has 0 radical (unpaired) electrons. The number of aliphatic hydroxyl groups is 1. The van der Waals surface area contributed by atoms with Crippen molar-refractivity contribution in [2.45, 2.75) is 32.3 Å². The third kappa shape index (κ3) is 3.72. The van der Waals surface area contributed by atoms with E-state index in [4.69, 9.17) is 0 Å². The zero-order chi connectivity index (χ0) is 15.4. The molecule has 2 rings (SSSR count). The largest absolute Gasteiger partial charge is 0.388 e. The molecule has 3 unspecified atom stereocenters. The smallest absolute Gasteiger partial charge is 0.137 e. The highest BCUT2D eigenvalue weighted by molar-refractivity contribution is 9.10. The second-order valence-electron chi connectivity index (χ2n) is 5.44. The Hall–Kier alpha value is -1.19. The van der Waals surface area contributed by atoms with Crippen LogP contribution in [0.25, 0.3) is 0 Å². The molecule has 0 aromatic heterocycles. The minimum Gasteiger partial charge on any atom is -0.388 e. The van der Waals surface area contributed by atoms with Gasteiger partial charge in [-0.05, 0) is 45.1 Å². The second kappa shape index (κ2) is 7.19. The van der Waals surface area contributed by atoms with Crippen molar-refractivity contribution in [2.24, 2.45) is 5.92 Å². The van der Waals surface area contributed by atoms with E-state index in [9.17, 15) is 9.50 Å². The van der Waals surface area contributed by atoms with Crippen LogP contribution in [0.1, 0.15) is 43.4 Å². The third-order valence-electron chi connectivity index (χ3n) is 4.07. The van der Waals surface area contributed by atoms with Gasteiger partial charge in [-0.3, -0.25) is 0 Å². The zero-order valence-corrected chi connectivity index (χ0v) is 13.8. The summed E-state index contributed by atoms with van der Waals surface area (Å²) in [7, 11) is 0. The van der Waals surface area contributed by atoms with Crippen LogP contribution in [0.4, 0.5) is 4.39 Å². The summed E-state index contributed by atoms with van der Waals surface area (Å²) in [4.78, 5) is 0. The Kier molecular flexibility index (Phi) is 5.54. The van der Waals surface area contributed by atoms with Crippen LogP contribution in [-0.2, 0) is 0 Å². The van der Waals surface area contributed by atoms with E-state index >= 15 is 0 Å². The van der Waals surface area contributed by atoms with Crippen LogP contribution < -0.4 is 0 Å². The van der Waals surface area contributed by atoms with E-state index in [2.05, 4.69) is 29.8 Å². The Balaban J connectivity index is 2.38. The van der Waals surface area contributed by atoms with Crippen LogP contribution in [0.5, 0.6) is 0 Å². The quantitative estimate of drug-likeness (QED) is 0.759. The molecule has 112 valence electrons. The molecule has 1 nitrogen and oxygen atoms in total. The maximum atomic E-state index is 13.4. The van der Waals surface area contributed by atoms with Crippen molar-refractivity contribution in [1.29, 1.82) is 0 Å². The molecular weight excluding hydrogens is 331 g/mol. The molecule has 1 N–H and O–H groups in total. The first kappa shape index (κ1) is 16.2. The fourth-order valence-corrected chi connectivity index (χ4v) is 3.05. The highest BCUT2D eigenvalue weighted by Crippen LogP contribution is 2.39. The summed E-state index contributed by atoms with van der Waals surface area (Å²) in [5.41, 5.74) is 1.84. The molecule has 0 aliphatic rings. The highest BCUT2D eigenvalue weighted by Gasteiger charge is 2.27.